The summed E-state index contributed by atoms with van der Waals surface area (Å²) in [6, 6.07) is 8.68. The number of hydrogen-bond acceptors (Lipinski definition) is 6. The minimum absolute atomic E-state index is 0.0867. The smallest absolute Gasteiger partial charge is 0.406 e. The third kappa shape index (κ3) is 4.27. The van der Waals surface area contributed by atoms with Crippen LogP contribution in [-0.4, -0.2) is 59.4 Å². The van der Waals surface area contributed by atoms with E-state index in [0.29, 0.717) is 37.4 Å². The summed E-state index contributed by atoms with van der Waals surface area (Å²) in [5, 5.41) is 9.34. The number of nitriles is 1. The van der Waals surface area contributed by atoms with Gasteiger partial charge in [0.25, 0.3) is 5.91 Å². The average molecular weight is 432 g/mol. The number of halogens is 3. The van der Waals surface area contributed by atoms with Gasteiger partial charge in [0.2, 0.25) is 0 Å². The van der Waals surface area contributed by atoms with Crippen LogP contribution in [0.3, 0.4) is 0 Å². The molecule has 1 saturated heterocycles. The fourth-order valence-corrected chi connectivity index (χ4v) is 4.09. The van der Waals surface area contributed by atoms with E-state index in [1.54, 1.807) is 35.1 Å². The van der Waals surface area contributed by atoms with Gasteiger partial charge in [-0.1, -0.05) is 18.2 Å². The van der Waals surface area contributed by atoms with E-state index in [1.165, 1.54) is 18.2 Å². The van der Waals surface area contributed by atoms with E-state index in [4.69, 9.17) is 4.74 Å². The maximum atomic E-state index is 13.0. The number of rotatable bonds is 5. The van der Waals surface area contributed by atoms with Crippen molar-refractivity contribution in [2.75, 3.05) is 20.3 Å². The Bertz CT molecular complexity index is 1040. The molecular weight excluding hydrogens is 413 g/mol. The first-order valence-corrected chi connectivity index (χ1v) is 9.61. The van der Waals surface area contributed by atoms with Crippen LogP contribution in [0, 0.1) is 11.5 Å². The summed E-state index contributed by atoms with van der Waals surface area (Å²) in [5.41, 5.74) is 1.81. The number of hydrogen-bond donors (Lipinski definition) is 0. The fraction of sp³-hybridized carbons (Fsp3) is 0.381. The molecule has 7 nitrogen and oxygen atoms in total. The molecule has 1 fully saturated rings. The van der Waals surface area contributed by atoms with Gasteiger partial charge in [0.1, 0.15) is 11.4 Å². The van der Waals surface area contributed by atoms with Crippen LogP contribution in [0.25, 0.3) is 11.3 Å². The van der Waals surface area contributed by atoms with Gasteiger partial charge in [0.05, 0.1) is 24.4 Å². The molecule has 4 rings (SSSR count). The summed E-state index contributed by atoms with van der Waals surface area (Å²) in [6.07, 6.45) is -2.03. The summed E-state index contributed by atoms with van der Waals surface area (Å²) in [4.78, 5) is 20.8. The van der Waals surface area contributed by atoms with E-state index in [9.17, 15) is 23.2 Å². The van der Waals surface area contributed by atoms with Gasteiger partial charge >= 0.3 is 6.36 Å². The van der Waals surface area contributed by atoms with Gasteiger partial charge in [-0.25, -0.2) is 4.98 Å². The van der Waals surface area contributed by atoms with Crippen LogP contribution in [-0.2, 0) is 11.3 Å². The summed E-state index contributed by atoms with van der Waals surface area (Å²) >= 11 is 0. The first-order valence-electron chi connectivity index (χ1n) is 9.61. The molecule has 10 heteroatoms. The van der Waals surface area contributed by atoms with Crippen molar-refractivity contribution in [3.8, 4) is 23.2 Å². The van der Waals surface area contributed by atoms with Crippen molar-refractivity contribution in [3.63, 3.8) is 0 Å². The molecule has 0 radical (unpaired) electrons. The predicted octanol–water partition coefficient (Wildman–Crippen LogP) is 3.17. The Morgan fingerprint density at radius 2 is 2.10 bits per heavy atom. The van der Waals surface area contributed by atoms with Crippen molar-refractivity contribution in [3.05, 3.63) is 47.7 Å². The maximum Gasteiger partial charge on any atom is 0.573 e. The number of ether oxygens (including phenoxy) is 2. The van der Waals surface area contributed by atoms with Crippen LogP contribution in [0.15, 0.2) is 36.4 Å². The van der Waals surface area contributed by atoms with Crippen LogP contribution in [0.4, 0.5) is 13.2 Å². The summed E-state index contributed by atoms with van der Waals surface area (Å²) in [7, 11) is 1.57. The highest BCUT2D eigenvalue weighted by Crippen LogP contribution is 2.32. The Morgan fingerprint density at radius 1 is 1.29 bits per heavy atom. The third-order valence-electron chi connectivity index (χ3n) is 5.47. The second kappa shape index (κ2) is 8.07. The molecule has 1 amide bonds. The van der Waals surface area contributed by atoms with Gasteiger partial charge in [-0.3, -0.25) is 4.79 Å². The van der Waals surface area contributed by atoms with Crippen molar-refractivity contribution in [2.24, 2.45) is 0 Å². The normalized spacial score (nSPS) is 20.7. The highest BCUT2D eigenvalue weighted by atomic mass is 19.4. The van der Waals surface area contributed by atoms with E-state index < -0.39 is 6.36 Å². The summed E-state index contributed by atoms with van der Waals surface area (Å²) < 4.78 is 46.7. The van der Waals surface area contributed by atoms with Gasteiger partial charge in [-0.15, -0.1) is 13.2 Å². The quantitative estimate of drug-likeness (QED) is 0.676. The molecule has 3 heterocycles. The van der Waals surface area contributed by atoms with Crippen molar-refractivity contribution < 1.29 is 27.4 Å². The SMILES string of the molecule is COC[C@@H]1C[C@@H](N2Cc3ccc(-c4cccc(OC(F)(F)F)c4)nc3C2=O)CN1C#N. The van der Waals surface area contributed by atoms with Gasteiger partial charge in [-0.2, -0.15) is 5.26 Å². The Kier molecular flexibility index (Phi) is 5.45. The number of benzene rings is 1. The molecule has 2 atom stereocenters. The number of amides is 1. The van der Waals surface area contributed by atoms with Gasteiger partial charge < -0.3 is 19.3 Å². The molecule has 162 valence electrons. The predicted molar refractivity (Wildman–Crippen MR) is 103 cm³/mol. The number of methoxy groups -OCH3 is 1. The molecular formula is C21H19F3N4O3. The van der Waals surface area contributed by atoms with Crippen LogP contribution in [0.1, 0.15) is 22.5 Å². The molecule has 0 unspecified atom stereocenters. The second-order valence-electron chi connectivity index (χ2n) is 7.46. The van der Waals surface area contributed by atoms with Gasteiger partial charge in [0, 0.05) is 31.3 Å². The maximum absolute atomic E-state index is 13.0. The molecule has 0 spiro atoms. The van der Waals surface area contributed by atoms with E-state index >= 15 is 0 Å². The van der Waals surface area contributed by atoms with Crippen molar-refractivity contribution in [1.29, 1.82) is 5.26 Å². The van der Waals surface area contributed by atoms with E-state index in [0.717, 1.165) is 5.56 Å². The van der Waals surface area contributed by atoms with Crippen molar-refractivity contribution in [2.45, 2.75) is 31.4 Å². The van der Waals surface area contributed by atoms with Crippen LogP contribution in [0.5, 0.6) is 5.75 Å². The van der Waals surface area contributed by atoms with E-state index in [1.807, 2.05) is 0 Å². The zero-order chi connectivity index (χ0) is 22.2. The van der Waals surface area contributed by atoms with E-state index in [2.05, 4.69) is 15.9 Å². The zero-order valence-corrected chi connectivity index (χ0v) is 16.6. The Morgan fingerprint density at radius 3 is 2.81 bits per heavy atom. The van der Waals surface area contributed by atoms with Crippen LogP contribution < -0.4 is 4.74 Å². The summed E-state index contributed by atoms with van der Waals surface area (Å²) in [5.74, 6) is -0.604. The molecule has 1 aromatic carbocycles. The number of aromatic nitrogens is 1. The number of carbonyl (C=O) groups is 1. The van der Waals surface area contributed by atoms with Crippen LogP contribution in [0.2, 0.25) is 0 Å². The Balaban J connectivity index is 1.55. The third-order valence-corrected chi connectivity index (χ3v) is 5.47. The van der Waals surface area contributed by atoms with Crippen LogP contribution >= 0.6 is 0 Å². The molecule has 2 aliphatic rings. The minimum atomic E-state index is -4.79. The molecule has 1 aromatic heterocycles. The monoisotopic (exact) mass is 432 g/mol. The molecule has 0 N–H and O–H groups in total. The van der Waals surface area contributed by atoms with Gasteiger partial charge in [-0.05, 0) is 24.6 Å². The van der Waals surface area contributed by atoms with E-state index in [-0.39, 0.29) is 29.4 Å². The summed E-state index contributed by atoms with van der Waals surface area (Å²) in [6.45, 7) is 1.20. The molecule has 2 aliphatic heterocycles. The Hall–Kier alpha value is -3.32. The largest absolute Gasteiger partial charge is 0.573 e. The highest BCUT2D eigenvalue weighted by molar-refractivity contribution is 5.97. The number of pyridine rings is 1. The average Bonchev–Trinajstić information content (AvgIpc) is 3.27. The lowest BCUT2D eigenvalue weighted by molar-refractivity contribution is -0.274. The highest BCUT2D eigenvalue weighted by Gasteiger charge is 2.41. The number of likely N-dealkylation sites (tertiary alicyclic amines) is 1. The lowest BCUT2D eigenvalue weighted by Crippen LogP contribution is -2.37. The van der Waals surface area contributed by atoms with Gasteiger partial charge in [0.15, 0.2) is 6.19 Å². The Labute approximate surface area is 176 Å². The lowest BCUT2D eigenvalue weighted by Gasteiger charge is -2.22. The van der Waals surface area contributed by atoms with Crippen molar-refractivity contribution in [1.82, 2.24) is 14.8 Å². The molecule has 0 saturated carbocycles. The standard InChI is InChI=1S/C21H19F3N4O3/c1-30-11-16-8-15(10-27(16)12-25)28-9-14-5-6-18(26-19(14)20(28)29)13-3-2-4-17(7-13)31-21(22,23)24/h2-7,15-16H,8-11H2,1H3/t15-,16+/m1/s1. The topological polar surface area (TPSA) is 78.7 Å². The number of carbonyl (C=O) groups excluding carboxylic acids is 1. The number of nitrogens with zero attached hydrogens (tertiary/aromatic N) is 4. The minimum Gasteiger partial charge on any atom is -0.406 e. The number of alkyl halides is 3. The second-order valence-corrected chi connectivity index (χ2v) is 7.46. The molecule has 0 aliphatic carbocycles. The fourth-order valence-electron chi connectivity index (χ4n) is 4.09. The first-order chi connectivity index (χ1) is 14.8. The zero-order valence-electron chi connectivity index (χ0n) is 16.6. The lowest BCUT2D eigenvalue weighted by atomic mass is 10.1. The molecule has 0 bridgehead atoms. The van der Waals surface area contributed by atoms with Crippen molar-refractivity contribution >= 4 is 5.91 Å². The molecule has 2 aromatic rings. The number of fused-ring (bicyclic) bond motifs is 1. The first kappa shape index (κ1) is 20.9. The molecule has 31 heavy (non-hydrogen) atoms.